The van der Waals surface area contributed by atoms with E-state index in [1.807, 2.05) is 13.8 Å². The lowest BCUT2D eigenvalue weighted by Gasteiger charge is -2.16. The van der Waals surface area contributed by atoms with E-state index in [9.17, 15) is 8.42 Å². The van der Waals surface area contributed by atoms with Crippen LogP contribution in [0.3, 0.4) is 0 Å². The van der Waals surface area contributed by atoms with Gasteiger partial charge in [0.15, 0.2) is 0 Å². The zero-order valence-electron chi connectivity index (χ0n) is 11.7. The predicted octanol–water partition coefficient (Wildman–Crippen LogP) is 1.59. The molecule has 5 nitrogen and oxygen atoms in total. The molecule has 0 saturated heterocycles. The number of nitrogens with zero attached hydrogens (tertiary/aromatic N) is 1. The Bertz CT molecular complexity index is 508. The minimum atomic E-state index is -3.49. The summed E-state index contributed by atoms with van der Waals surface area (Å²) in [7, 11) is -1.95. The molecule has 0 aromatic carbocycles. The van der Waals surface area contributed by atoms with Gasteiger partial charge in [-0.2, -0.15) is 4.31 Å². The van der Waals surface area contributed by atoms with Gasteiger partial charge in [-0.3, -0.25) is 0 Å². The van der Waals surface area contributed by atoms with Crippen molar-refractivity contribution in [1.82, 2.24) is 4.31 Å². The van der Waals surface area contributed by atoms with E-state index in [0.717, 1.165) is 16.9 Å². The van der Waals surface area contributed by atoms with E-state index in [4.69, 9.17) is 9.84 Å². The summed E-state index contributed by atoms with van der Waals surface area (Å²) in [5, 5.41) is 9.12. The highest BCUT2D eigenvalue weighted by Gasteiger charge is 2.23. The van der Waals surface area contributed by atoms with Crippen LogP contribution in [0.25, 0.3) is 0 Å². The minimum absolute atomic E-state index is 0.0843. The summed E-state index contributed by atoms with van der Waals surface area (Å²) in [6.07, 6.45) is 0.0843. The highest BCUT2D eigenvalue weighted by Crippen LogP contribution is 2.27. The standard InChI is InChI=1S/C12H21NO4S2/c1-9(2)17-6-5-13(4)19(15,16)12-7-10(3)11(8-14)18-12/h7,9,14H,5-6,8H2,1-4H3. The molecular formula is C12H21NO4S2. The second-order valence-corrected chi connectivity index (χ2v) is 7.98. The van der Waals surface area contributed by atoms with E-state index in [1.54, 1.807) is 13.0 Å². The number of sulfonamides is 1. The van der Waals surface area contributed by atoms with Crippen molar-refractivity contribution >= 4 is 21.4 Å². The lowest BCUT2D eigenvalue weighted by molar-refractivity contribution is 0.0737. The van der Waals surface area contributed by atoms with E-state index >= 15 is 0 Å². The fourth-order valence-electron chi connectivity index (χ4n) is 1.46. The van der Waals surface area contributed by atoms with Gasteiger partial charge in [0.25, 0.3) is 10.0 Å². The third-order valence-corrected chi connectivity index (χ3v) is 6.19. The molecule has 1 rings (SSSR count). The molecule has 0 radical (unpaired) electrons. The number of likely N-dealkylation sites (N-methyl/N-ethyl adjacent to an activating group) is 1. The Kier molecular flexibility index (Phi) is 5.94. The predicted molar refractivity (Wildman–Crippen MR) is 75.9 cm³/mol. The maximum atomic E-state index is 12.3. The highest BCUT2D eigenvalue weighted by molar-refractivity contribution is 7.91. The van der Waals surface area contributed by atoms with Crippen molar-refractivity contribution in [2.24, 2.45) is 0 Å². The van der Waals surface area contributed by atoms with E-state index < -0.39 is 10.0 Å². The van der Waals surface area contributed by atoms with Crippen LogP contribution < -0.4 is 0 Å². The van der Waals surface area contributed by atoms with Crippen molar-refractivity contribution in [3.8, 4) is 0 Å². The Morgan fingerprint density at radius 1 is 1.47 bits per heavy atom. The van der Waals surface area contributed by atoms with Crippen molar-refractivity contribution < 1.29 is 18.3 Å². The van der Waals surface area contributed by atoms with Gasteiger partial charge in [-0.25, -0.2) is 8.42 Å². The van der Waals surface area contributed by atoms with E-state index in [1.165, 1.54) is 11.4 Å². The normalized spacial score (nSPS) is 12.6. The summed E-state index contributed by atoms with van der Waals surface area (Å²) in [4.78, 5) is 0.686. The van der Waals surface area contributed by atoms with Gasteiger partial charge in [0, 0.05) is 18.5 Å². The number of hydrogen-bond acceptors (Lipinski definition) is 5. The van der Waals surface area contributed by atoms with Gasteiger partial charge in [-0.05, 0) is 32.4 Å². The van der Waals surface area contributed by atoms with Crippen LogP contribution in [0.5, 0.6) is 0 Å². The highest BCUT2D eigenvalue weighted by atomic mass is 32.2. The summed E-state index contributed by atoms with van der Waals surface area (Å²) < 4.78 is 31.5. The van der Waals surface area contributed by atoms with Gasteiger partial charge < -0.3 is 9.84 Å². The van der Waals surface area contributed by atoms with Crippen molar-refractivity contribution in [1.29, 1.82) is 0 Å². The Balaban J connectivity index is 2.78. The number of hydrogen-bond donors (Lipinski definition) is 1. The van der Waals surface area contributed by atoms with Gasteiger partial charge in [0.1, 0.15) is 4.21 Å². The Morgan fingerprint density at radius 2 is 2.11 bits per heavy atom. The third kappa shape index (κ3) is 4.25. The number of ether oxygens (including phenoxy) is 1. The molecule has 0 amide bonds. The summed E-state index contributed by atoms with van der Waals surface area (Å²) in [5.41, 5.74) is 0.804. The van der Waals surface area contributed by atoms with Gasteiger partial charge in [-0.1, -0.05) is 0 Å². The number of rotatable bonds is 7. The number of aliphatic hydroxyl groups is 1. The second kappa shape index (κ2) is 6.81. The number of thiophene rings is 1. The molecule has 7 heteroatoms. The first-order valence-corrected chi connectivity index (χ1v) is 8.32. The molecule has 1 aromatic rings. The lowest BCUT2D eigenvalue weighted by Crippen LogP contribution is -2.30. The molecule has 0 unspecified atom stereocenters. The average Bonchev–Trinajstić information content (AvgIpc) is 2.70. The number of aliphatic hydroxyl groups excluding tert-OH is 1. The molecule has 0 saturated carbocycles. The van der Waals surface area contributed by atoms with Crippen LogP contribution >= 0.6 is 11.3 Å². The topological polar surface area (TPSA) is 66.8 Å². The van der Waals surface area contributed by atoms with Gasteiger partial charge >= 0.3 is 0 Å². The molecule has 0 fully saturated rings. The van der Waals surface area contributed by atoms with Gasteiger partial charge in [0.2, 0.25) is 0 Å². The van der Waals surface area contributed by atoms with E-state index in [0.29, 0.717) is 18.0 Å². The van der Waals surface area contributed by atoms with Crippen molar-refractivity contribution in [3.63, 3.8) is 0 Å². The molecule has 0 aliphatic rings. The molecule has 0 aliphatic carbocycles. The maximum absolute atomic E-state index is 12.3. The van der Waals surface area contributed by atoms with Gasteiger partial charge in [-0.15, -0.1) is 11.3 Å². The monoisotopic (exact) mass is 307 g/mol. The lowest BCUT2D eigenvalue weighted by atomic mass is 10.3. The van der Waals surface area contributed by atoms with E-state index in [2.05, 4.69) is 0 Å². The smallest absolute Gasteiger partial charge is 0.252 e. The minimum Gasteiger partial charge on any atom is -0.391 e. The summed E-state index contributed by atoms with van der Waals surface area (Å²) in [5.74, 6) is 0. The fraction of sp³-hybridized carbons (Fsp3) is 0.667. The van der Waals surface area contributed by atoms with Crippen LogP contribution in [0.15, 0.2) is 10.3 Å². The largest absolute Gasteiger partial charge is 0.391 e. The van der Waals surface area contributed by atoms with Crippen LogP contribution in [-0.4, -0.2) is 44.1 Å². The molecule has 0 bridgehead atoms. The molecule has 1 heterocycles. The molecular weight excluding hydrogens is 286 g/mol. The molecule has 110 valence electrons. The van der Waals surface area contributed by atoms with Crippen LogP contribution in [0.1, 0.15) is 24.3 Å². The molecule has 1 aromatic heterocycles. The number of aryl methyl sites for hydroxylation is 1. The zero-order chi connectivity index (χ0) is 14.6. The van der Waals surface area contributed by atoms with Crippen LogP contribution in [0, 0.1) is 6.92 Å². The Labute approximate surface area is 118 Å². The molecule has 0 aliphatic heterocycles. The summed E-state index contributed by atoms with van der Waals surface area (Å²) >= 11 is 1.11. The molecule has 1 N–H and O–H groups in total. The summed E-state index contributed by atoms with van der Waals surface area (Å²) in [6.45, 7) is 6.15. The molecule has 19 heavy (non-hydrogen) atoms. The zero-order valence-corrected chi connectivity index (χ0v) is 13.3. The quantitative estimate of drug-likeness (QED) is 0.831. The molecule has 0 spiro atoms. The first-order chi connectivity index (χ1) is 8.78. The third-order valence-electron chi connectivity index (χ3n) is 2.66. The maximum Gasteiger partial charge on any atom is 0.252 e. The summed E-state index contributed by atoms with van der Waals surface area (Å²) in [6, 6.07) is 1.60. The fourth-order valence-corrected chi connectivity index (χ4v) is 4.28. The van der Waals surface area contributed by atoms with Gasteiger partial charge in [0.05, 0.1) is 19.3 Å². The SMILES string of the molecule is Cc1cc(S(=O)(=O)N(C)CCOC(C)C)sc1CO. The Hall–Kier alpha value is -0.470. The Morgan fingerprint density at radius 3 is 2.58 bits per heavy atom. The first-order valence-electron chi connectivity index (χ1n) is 6.07. The van der Waals surface area contributed by atoms with Crippen LogP contribution in [-0.2, 0) is 21.4 Å². The average molecular weight is 307 g/mol. The van der Waals surface area contributed by atoms with Crippen LogP contribution in [0.2, 0.25) is 0 Å². The first kappa shape index (κ1) is 16.6. The second-order valence-electron chi connectivity index (χ2n) is 4.58. The van der Waals surface area contributed by atoms with Crippen LogP contribution in [0.4, 0.5) is 0 Å². The molecule has 0 atom stereocenters. The van der Waals surface area contributed by atoms with E-state index in [-0.39, 0.29) is 16.9 Å². The van der Waals surface area contributed by atoms with Crippen molar-refractivity contribution in [2.45, 2.75) is 37.7 Å². The van der Waals surface area contributed by atoms with Crippen molar-refractivity contribution in [3.05, 3.63) is 16.5 Å². The van der Waals surface area contributed by atoms with Crippen molar-refractivity contribution in [2.75, 3.05) is 20.2 Å².